The molecule has 192 valence electrons. The first-order chi connectivity index (χ1) is 15.4. The molecule has 1 aromatic carbocycles. The van der Waals surface area contributed by atoms with E-state index in [2.05, 4.69) is 5.32 Å². The van der Waals surface area contributed by atoms with E-state index in [4.69, 9.17) is 89.5 Å². The van der Waals surface area contributed by atoms with E-state index in [0.717, 1.165) is 0 Å². The zero-order valence-electron chi connectivity index (χ0n) is 18.5. The van der Waals surface area contributed by atoms with Gasteiger partial charge in [-0.15, -0.1) is 0 Å². The summed E-state index contributed by atoms with van der Waals surface area (Å²) in [5.74, 6) is -2.22. The standard InChI is InChI=1S/C20H24Cl6N2O6/c1-18(2,3)34-16(30)19(27,6-4-5-7-28-17(31)32-10-20(24,25)26)15(29)33-14-9-12(22)11(21)8-13(14)23/h8-9H,4-7,10,27H2,1-3H3,(H,28,31)/t19-/m0/s1. The Kier molecular flexibility index (Phi) is 11.8. The number of alkyl halides is 3. The van der Waals surface area contributed by atoms with Gasteiger partial charge >= 0.3 is 18.0 Å². The van der Waals surface area contributed by atoms with Gasteiger partial charge in [0.2, 0.25) is 9.33 Å². The number of ether oxygens (including phenoxy) is 3. The Morgan fingerprint density at radius 2 is 1.53 bits per heavy atom. The Morgan fingerprint density at radius 3 is 2.09 bits per heavy atom. The van der Waals surface area contributed by atoms with Crippen LogP contribution in [0.25, 0.3) is 0 Å². The van der Waals surface area contributed by atoms with E-state index in [1.54, 1.807) is 20.8 Å². The number of carbonyl (C=O) groups excluding carboxylic acids is 3. The van der Waals surface area contributed by atoms with E-state index >= 15 is 0 Å². The first-order valence-electron chi connectivity index (χ1n) is 9.81. The molecule has 8 nitrogen and oxygen atoms in total. The molecule has 1 amide bonds. The van der Waals surface area contributed by atoms with Crippen molar-refractivity contribution in [2.24, 2.45) is 5.73 Å². The first-order valence-corrected chi connectivity index (χ1v) is 12.1. The number of rotatable bonds is 9. The molecule has 0 fully saturated rings. The highest BCUT2D eigenvalue weighted by molar-refractivity contribution is 6.67. The lowest BCUT2D eigenvalue weighted by atomic mass is 9.93. The van der Waals surface area contributed by atoms with Crippen LogP contribution in [0.15, 0.2) is 12.1 Å². The summed E-state index contributed by atoms with van der Waals surface area (Å²) in [5, 5.41) is 2.67. The van der Waals surface area contributed by atoms with Crippen molar-refractivity contribution in [2.45, 2.75) is 55.0 Å². The fourth-order valence-corrected chi connectivity index (χ4v) is 3.09. The highest BCUT2D eigenvalue weighted by atomic mass is 35.6. The Bertz CT molecular complexity index is 903. The molecule has 1 rings (SSSR count). The van der Waals surface area contributed by atoms with E-state index in [1.807, 2.05) is 0 Å². The quantitative estimate of drug-likeness (QED) is 0.0910. The minimum Gasteiger partial charge on any atom is -0.458 e. The number of unbranched alkanes of at least 4 members (excludes halogenated alkanes) is 1. The van der Waals surface area contributed by atoms with E-state index < -0.39 is 39.6 Å². The third kappa shape index (κ3) is 10.8. The van der Waals surface area contributed by atoms with Crippen LogP contribution in [0.4, 0.5) is 4.79 Å². The minimum absolute atomic E-state index is 0.00754. The highest BCUT2D eigenvalue weighted by Crippen LogP contribution is 2.35. The number of halogens is 6. The maximum absolute atomic E-state index is 13.0. The lowest BCUT2D eigenvalue weighted by molar-refractivity contribution is -0.168. The van der Waals surface area contributed by atoms with E-state index in [0.29, 0.717) is 6.42 Å². The minimum atomic E-state index is -2.17. The van der Waals surface area contributed by atoms with Gasteiger partial charge in [0.15, 0.2) is 5.75 Å². The van der Waals surface area contributed by atoms with E-state index in [1.165, 1.54) is 12.1 Å². The molecule has 0 spiro atoms. The SMILES string of the molecule is CC(C)(C)OC(=O)[C@](N)(CCCCNC(=O)OCC(Cl)(Cl)Cl)C(=O)Oc1cc(Cl)c(Cl)cc1Cl. The van der Waals surface area contributed by atoms with Crippen LogP contribution in [-0.4, -0.2) is 46.1 Å². The Morgan fingerprint density at radius 1 is 0.941 bits per heavy atom. The van der Waals surface area contributed by atoms with Gasteiger partial charge in [-0.2, -0.15) is 0 Å². The molecule has 0 saturated carbocycles. The third-order valence-electron chi connectivity index (χ3n) is 3.94. The molecule has 0 heterocycles. The molecule has 0 unspecified atom stereocenters. The van der Waals surface area contributed by atoms with Gasteiger partial charge in [-0.3, -0.25) is 0 Å². The molecule has 0 bridgehead atoms. The number of esters is 2. The molecule has 0 radical (unpaired) electrons. The fourth-order valence-electron chi connectivity index (χ4n) is 2.35. The normalized spacial score (nSPS) is 13.6. The number of nitrogens with one attached hydrogen (secondary N) is 1. The van der Waals surface area contributed by atoms with Gasteiger partial charge in [0, 0.05) is 12.6 Å². The molecule has 0 aliphatic carbocycles. The van der Waals surface area contributed by atoms with Crippen molar-refractivity contribution in [3.05, 3.63) is 27.2 Å². The summed E-state index contributed by atoms with van der Waals surface area (Å²) in [6.07, 6.45) is -0.410. The number of amides is 1. The van der Waals surface area contributed by atoms with Crippen LogP contribution in [0.1, 0.15) is 40.0 Å². The van der Waals surface area contributed by atoms with Crippen molar-refractivity contribution < 1.29 is 28.6 Å². The third-order valence-corrected chi connectivity index (χ3v) is 5.28. The predicted molar refractivity (Wildman–Crippen MR) is 133 cm³/mol. The number of nitrogens with two attached hydrogens (primary N) is 1. The number of hydrogen-bond donors (Lipinski definition) is 2. The van der Waals surface area contributed by atoms with Crippen LogP contribution in [0.3, 0.4) is 0 Å². The number of benzene rings is 1. The summed E-state index contributed by atoms with van der Waals surface area (Å²) in [6, 6.07) is 2.51. The Labute approximate surface area is 227 Å². The fraction of sp³-hybridized carbons (Fsp3) is 0.550. The number of hydrogen-bond acceptors (Lipinski definition) is 7. The van der Waals surface area contributed by atoms with Crippen molar-refractivity contribution in [3.63, 3.8) is 0 Å². The van der Waals surface area contributed by atoms with Crippen molar-refractivity contribution in [3.8, 4) is 5.75 Å². The van der Waals surface area contributed by atoms with Crippen LogP contribution in [0.2, 0.25) is 15.1 Å². The second-order valence-corrected chi connectivity index (χ2v) is 11.9. The second kappa shape index (κ2) is 12.9. The van der Waals surface area contributed by atoms with Crippen molar-refractivity contribution in [2.75, 3.05) is 13.2 Å². The lowest BCUT2D eigenvalue weighted by Gasteiger charge is -2.29. The van der Waals surface area contributed by atoms with E-state index in [-0.39, 0.29) is 40.2 Å². The second-order valence-electron chi connectivity index (χ2n) is 8.13. The monoisotopic (exact) mass is 598 g/mol. The lowest BCUT2D eigenvalue weighted by Crippen LogP contribution is -2.58. The molecule has 1 atom stereocenters. The zero-order chi connectivity index (χ0) is 26.3. The van der Waals surface area contributed by atoms with Crippen LogP contribution in [0, 0.1) is 0 Å². The van der Waals surface area contributed by atoms with Gasteiger partial charge in [0.1, 0.15) is 12.2 Å². The molecule has 34 heavy (non-hydrogen) atoms. The molecule has 0 aromatic heterocycles. The number of carbonyl (C=O) groups is 3. The molecule has 0 saturated heterocycles. The average molecular weight is 601 g/mol. The number of alkyl carbamates (subject to hydrolysis) is 1. The molecule has 0 aliphatic rings. The molecule has 1 aromatic rings. The average Bonchev–Trinajstić information content (AvgIpc) is 2.68. The Hall–Kier alpha value is -0.870. The van der Waals surface area contributed by atoms with Crippen LogP contribution in [-0.2, 0) is 19.1 Å². The summed E-state index contributed by atoms with van der Waals surface area (Å²) in [4.78, 5) is 37.4. The summed E-state index contributed by atoms with van der Waals surface area (Å²) in [5.41, 5.74) is 3.10. The van der Waals surface area contributed by atoms with Crippen LogP contribution < -0.4 is 15.8 Å². The Balaban J connectivity index is 2.84. The zero-order valence-corrected chi connectivity index (χ0v) is 23.0. The van der Waals surface area contributed by atoms with Crippen molar-refractivity contribution >= 4 is 87.6 Å². The molecular formula is C20H24Cl6N2O6. The van der Waals surface area contributed by atoms with Crippen molar-refractivity contribution in [1.29, 1.82) is 0 Å². The summed E-state index contributed by atoms with van der Waals surface area (Å²) < 4.78 is 13.6. The first kappa shape index (κ1) is 31.2. The highest BCUT2D eigenvalue weighted by Gasteiger charge is 2.46. The summed E-state index contributed by atoms with van der Waals surface area (Å²) >= 11 is 34.4. The van der Waals surface area contributed by atoms with Gasteiger partial charge in [-0.05, 0) is 46.1 Å². The van der Waals surface area contributed by atoms with Gasteiger partial charge in [-0.25, -0.2) is 14.4 Å². The van der Waals surface area contributed by atoms with E-state index in [9.17, 15) is 14.4 Å². The maximum atomic E-state index is 13.0. The van der Waals surface area contributed by atoms with Gasteiger partial charge in [0.25, 0.3) is 0 Å². The van der Waals surface area contributed by atoms with Crippen LogP contribution in [0.5, 0.6) is 5.75 Å². The van der Waals surface area contributed by atoms with Crippen LogP contribution >= 0.6 is 69.6 Å². The summed E-state index contributed by atoms with van der Waals surface area (Å²) in [6.45, 7) is 4.58. The molecular weight excluding hydrogens is 577 g/mol. The van der Waals surface area contributed by atoms with Crippen molar-refractivity contribution in [1.82, 2.24) is 5.32 Å². The largest absolute Gasteiger partial charge is 0.458 e. The molecule has 3 N–H and O–H groups in total. The summed E-state index contributed by atoms with van der Waals surface area (Å²) in [7, 11) is 0. The maximum Gasteiger partial charge on any atom is 0.407 e. The topological polar surface area (TPSA) is 117 Å². The van der Waals surface area contributed by atoms with Gasteiger partial charge in [0.05, 0.1) is 15.1 Å². The van der Waals surface area contributed by atoms with Gasteiger partial charge in [-0.1, -0.05) is 69.6 Å². The van der Waals surface area contributed by atoms with Gasteiger partial charge < -0.3 is 25.3 Å². The smallest absolute Gasteiger partial charge is 0.407 e. The predicted octanol–water partition coefficient (Wildman–Crippen LogP) is 5.86. The molecule has 14 heteroatoms. The molecule has 0 aliphatic heterocycles.